The number of nitriles is 1. The Kier molecular flexibility index (Phi) is 6.35. The summed E-state index contributed by atoms with van der Waals surface area (Å²) in [5.74, 6) is 1.20. The first-order valence-electron chi connectivity index (χ1n) is 11.5. The van der Waals surface area contributed by atoms with Crippen molar-refractivity contribution >= 4 is 40.1 Å². The number of anilines is 1. The topological polar surface area (TPSA) is 91.7 Å². The molecule has 0 aromatic heterocycles. The van der Waals surface area contributed by atoms with Crippen LogP contribution in [0.15, 0.2) is 60.7 Å². The zero-order chi connectivity index (χ0) is 25.4. The normalized spacial score (nSPS) is 19.3. The molecule has 0 spiro atoms. The summed E-state index contributed by atoms with van der Waals surface area (Å²) in [6, 6.07) is 20.8. The largest absolute Gasteiger partial charge is 0.454 e. The van der Waals surface area contributed by atoms with Crippen LogP contribution >= 0.6 is 22.6 Å². The number of amides is 2. The lowest BCUT2D eigenvalue weighted by molar-refractivity contribution is -0.118. The van der Waals surface area contributed by atoms with Gasteiger partial charge in [-0.15, -0.1) is 0 Å². The van der Waals surface area contributed by atoms with Crippen molar-refractivity contribution in [2.45, 2.75) is 22.2 Å². The SMILES string of the molecule is CN(C)C(=O)c1ccc(-c2cc(NC(=O)C3(c4ccc5c(c4)OCO5)CC3I)ccc2CC#N)cc1. The number of carbonyl (C=O) groups excluding carboxylic acids is 2. The molecule has 3 aromatic carbocycles. The predicted octanol–water partition coefficient (Wildman–Crippen LogP) is 4.93. The van der Waals surface area contributed by atoms with Gasteiger partial charge in [-0.05, 0) is 65.1 Å². The standard InChI is InChI=1S/C28H24IN3O4/c1-32(2)26(33)19-5-3-17(4-6-19)22-14-21(9-7-18(22)11-12-30)31-27(34)28(15-25(28)29)20-8-10-23-24(13-20)36-16-35-23/h3-10,13-14,25H,11,15-16H2,1-2H3,(H,31,34). The minimum atomic E-state index is -0.638. The second-order valence-corrected chi connectivity index (χ2v) is 10.7. The Labute approximate surface area is 223 Å². The fourth-order valence-corrected chi connectivity index (χ4v) is 5.86. The fourth-order valence-electron chi connectivity index (χ4n) is 4.52. The molecule has 36 heavy (non-hydrogen) atoms. The quantitative estimate of drug-likeness (QED) is 0.323. The van der Waals surface area contributed by atoms with Gasteiger partial charge in [-0.2, -0.15) is 5.26 Å². The van der Waals surface area contributed by atoms with Crippen LogP contribution in [0, 0.1) is 11.3 Å². The molecule has 0 saturated heterocycles. The minimum Gasteiger partial charge on any atom is -0.454 e. The Hall–Kier alpha value is -3.58. The Morgan fingerprint density at radius 3 is 2.47 bits per heavy atom. The third-order valence-corrected chi connectivity index (χ3v) is 8.16. The molecule has 3 aromatic rings. The smallest absolute Gasteiger partial charge is 0.253 e. The zero-order valence-electron chi connectivity index (χ0n) is 19.9. The van der Waals surface area contributed by atoms with Gasteiger partial charge in [-0.1, -0.05) is 46.9 Å². The molecule has 0 bridgehead atoms. The van der Waals surface area contributed by atoms with Crippen LogP contribution in [0.4, 0.5) is 5.69 Å². The van der Waals surface area contributed by atoms with Crippen molar-refractivity contribution in [3.63, 3.8) is 0 Å². The van der Waals surface area contributed by atoms with Crippen LogP contribution < -0.4 is 14.8 Å². The molecule has 5 rings (SSSR count). The second-order valence-electron chi connectivity index (χ2n) is 9.15. The summed E-state index contributed by atoms with van der Waals surface area (Å²) in [6.07, 6.45) is 0.971. The summed E-state index contributed by atoms with van der Waals surface area (Å²) >= 11 is 2.32. The van der Waals surface area contributed by atoms with E-state index in [9.17, 15) is 14.9 Å². The molecule has 1 heterocycles. The van der Waals surface area contributed by atoms with Crippen molar-refractivity contribution in [1.29, 1.82) is 5.26 Å². The minimum absolute atomic E-state index is 0.0772. The molecule has 8 heteroatoms. The van der Waals surface area contributed by atoms with Gasteiger partial charge in [0.05, 0.1) is 17.9 Å². The van der Waals surface area contributed by atoms with Gasteiger partial charge >= 0.3 is 0 Å². The van der Waals surface area contributed by atoms with Crippen LogP contribution in [-0.2, 0) is 16.6 Å². The molecule has 1 saturated carbocycles. The van der Waals surface area contributed by atoms with E-state index in [1.165, 1.54) is 4.90 Å². The summed E-state index contributed by atoms with van der Waals surface area (Å²) in [4.78, 5) is 27.4. The van der Waals surface area contributed by atoms with Crippen LogP contribution in [0.3, 0.4) is 0 Å². The lowest BCUT2D eigenvalue weighted by Gasteiger charge is -2.18. The summed E-state index contributed by atoms with van der Waals surface area (Å²) in [5.41, 5.74) is 4.08. The first kappa shape index (κ1) is 24.1. The third kappa shape index (κ3) is 4.28. The highest BCUT2D eigenvalue weighted by Gasteiger charge is 2.60. The van der Waals surface area contributed by atoms with Gasteiger partial charge < -0.3 is 19.7 Å². The van der Waals surface area contributed by atoms with Crippen molar-refractivity contribution in [3.05, 3.63) is 77.4 Å². The fraction of sp³-hybridized carbons (Fsp3) is 0.250. The lowest BCUT2D eigenvalue weighted by atomic mass is 9.93. The van der Waals surface area contributed by atoms with Gasteiger partial charge in [-0.3, -0.25) is 9.59 Å². The van der Waals surface area contributed by atoms with Crippen molar-refractivity contribution in [3.8, 4) is 28.7 Å². The lowest BCUT2D eigenvalue weighted by Crippen LogP contribution is -2.30. The van der Waals surface area contributed by atoms with Gasteiger partial charge in [0.15, 0.2) is 11.5 Å². The van der Waals surface area contributed by atoms with Crippen molar-refractivity contribution in [2.24, 2.45) is 0 Å². The van der Waals surface area contributed by atoms with E-state index in [0.29, 0.717) is 22.7 Å². The van der Waals surface area contributed by atoms with Crippen LogP contribution in [0.25, 0.3) is 11.1 Å². The number of hydrogen-bond donors (Lipinski definition) is 1. The number of fused-ring (bicyclic) bond motifs is 1. The molecule has 7 nitrogen and oxygen atoms in total. The third-order valence-electron chi connectivity index (χ3n) is 6.65. The van der Waals surface area contributed by atoms with Gasteiger partial charge in [0.1, 0.15) is 0 Å². The van der Waals surface area contributed by atoms with Crippen molar-refractivity contribution in [2.75, 3.05) is 26.2 Å². The van der Waals surface area contributed by atoms with Gasteiger partial charge in [0.2, 0.25) is 12.7 Å². The predicted molar refractivity (Wildman–Crippen MR) is 145 cm³/mol. The monoisotopic (exact) mass is 593 g/mol. The second kappa shape index (κ2) is 9.47. The molecule has 1 N–H and O–H groups in total. The number of hydrogen-bond acceptors (Lipinski definition) is 5. The maximum absolute atomic E-state index is 13.6. The summed E-state index contributed by atoms with van der Waals surface area (Å²) in [6.45, 7) is 0.188. The zero-order valence-corrected chi connectivity index (χ0v) is 22.0. The summed E-state index contributed by atoms with van der Waals surface area (Å²) in [7, 11) is 3.42. The Bertz CT molecular complexity index is 1400. The Morgan fingerprint density at radius 1 is 1.08 bits per heavy atom. The number of carbonyl (C=O) groups is 2. The van der Waals surface area contributed by atoms with E-state index >= 15 is 0 Å². The first-order valence-corrected chi connectivity index (χ1v) is 12.8. The maximum atomic E-state index is 13.6. The molecule has 2 amide bonds. The first-order chi connectivity index (χ1) is 17.3. The molecule has 182 valence electrons. The van der Waals surface area contributed by atoms with Crippen LogP contribution in [0.1, 0.15) is 27.9 Å². The highest BCUT2D eigenvalue weighted by atomic mass is 127. The van der Waals surface area contributed by atoms with E-state index in [-0.39, 0.29) is 29.0 Å². The number of halogens is 1. The number of benzene rings is 3. The van der Waals surface area contributed by atoms with Gasteiger partial charge in [0.25, 0.3) is 5.91 Å². The van der Waals surface area contributed by atoms with Gasteiger partial charge in [0, 0.05) is 29.3 Å². The van der Waals surface area contributed by atoms with Crippen LogP contribution in [0.2, 0.25) is 0 Å². The molecule has 1 aliphatic heterocycles. The van der Waals surface area contributed by atoms with Crippen molar-refractivity contribution in [1.82, 2.24) is 4.90 Å². The molecular weight excluding hydrogens is 569 g/mol. The van der Waals surface area contributed by atoms with Crippen LogP contribution in [-0.4, -0.2) is 41.5 Å². The molecule has 2 atom stereocenters. The summed E-state index contributed by atoms with van der Waals surface area (Å²) in [5, 5.41) is 12.4. The Morgan fingerprint density at radius 2 is 1.81 bits per heavy atom. The molecule has 2 aliphatic rings. The molecular formula is C28H24IN3O4. The molecule has 0 radical (unpaired) electrons. The number of nitrogens with zero attached hydrogens (tertiary/aromatic N) is 2. The van der Waals surface area contributed by atoms with Gasteiger partial charge in [-0.25, -0.2) is 0 Å². The highest BCUT2D eigenvalue weighted by Crippen LogP contribution is 2.55. The number of nitrogens with one attached hydrogen (secondary N) is 1. The van der Waals surface area contributed by atoms with E-state index in [1.807, 2.05) is 48.5 Å². The maximum Gasteiger partial charge on any atom is 0.253 e. The highest BCUT2D eigenvalue weighted by molar-refractivity contribution is 14.1. The van der Waals surface area contributed by atoms with E-state index in [4.69, 9.17) is 9.47 Å². The van der Waals surface area contributed by atoms with E-state index < -0.39 is 5.41 Å². The molecule has 1 aliphatic carbocycles. The number of ether oxygens (including phenoxy) is 2. The number of rotatable bonds is 6. The van der Waals surface area contributed by atoms with Crippen LogP contribution in [0.5, 0.6) is 11.5 Å². The Balaban J connectivity index is 1.43. The average molecular weight is 593 g/mol. The van der Waals surface area contributed by atoms with Crippen molar-refractivity contribution < 1.29 is 19.1 Å². The summed E-state index contributed by atoms with van der Waals surface area (Å²) < 4.78 is 11.1. The van der Waals surface area contributed by atoms with E-state index in [1.54, 1.807) is 26.2 Å². The molecule has 1 fully saturated rings. The number of alkyl halides is 1. The molecule has 2 unspecified atom stereocenters. The average Bonchev–Trinajstić information content (AvgIpc) is 3.35. The van der Waals surface area contributed by atoms with E-state index in [0.717, 1.165) is 28.7 Å². The van der Waals surface area contributed by atoms with E-state index in [2.05, 4.69) is 34.0 Å².